The van der Waals surface area contributed by atoms with Gasteiger partial charge in [-0.15, -0.1) is 23.1 Å². The summed E-state index contributed by atoms with van der Waals surface area (Å²) < 4.78 is 18.3. The van der Waals surface area contributed by atoms with E-state index in [1.165, 1.54) is 42.2 Å². The van der Waals surface area contributed by atoms with Crippen molar-refractivity contribution in [3.63, 3.8) is 0 Å². The highest BCUT2D eigenvalue weighted by Gasteiger charge is 2.20. The number of hydrogen-bond acceptors (Lipinski definition) is 6. The maximum absolute atomic E-state index is 12.9. The SMILES string of the molecule is CC(OC(=O)c1ccccc1SCc1cscn1)C(=O)NCc1ccc(F)cc1. The van der Waals surface area contributed by atoms with Gasteiger partial charge in [0.1, 0.15) is 5.82 Å². The summed E-state index contributed by atoms with van der Waals surface area (Å²) in [5, 5.41) is 4.64. The van der Waals surface area contributed by atoms with Crippen molar-refractivity contribution in [2.75, 3.05) is 0 Å². The van der Waals surface area contributed by atoms with Gasteiger partial charge in [0.05, 0.1) is 16.8 Å². The van der Waals surface area contributed by atoms with Gasteiger partial charge < -0.3 is 10.1 Å². The molecule has 1 heterocycles. The highest BCUT2D eigenvalue weighted by molar-refractivity contribution is 7.98. The summed E-state index contributed by atoms with van der Waals surface area (Å²) in [7, 11) is 0. The van der Waals surface area contributed by atoms with E-state index in [1.54, 1.807) is 29.8 Å². The molecule has 1 N–H and O–H groups in total. The third-order valence-corrected chi connectivity index (χ3v) is 5.74. The summed E-state index contributed by atoms with van der Waals surface area (Å²) in [6, 6.07) is 12.9. The number of halogens is 1. The molecule has 1 aromatic heterocycles. The average Bonchev–Trinajstić information content (AvgIpc) is 3.25. The molecule has 1 atom stereocenters. The number of ether oxygens (including phenoxy) is 1. The first kappa shape index (κ1) is 21.0. The molecule has 2 aromatic carbocycles. The number of hydrogen-bond donors (Lipinski definition) is 1. The molecule has 29 heavy (non-hydrogen) atoms. The molecule has 0 aliphatic rings. The quantitative estimate of drug-likeness (QED) is 0.423. The van der Waals surface area contributed by atoms with E-state index in [9.17, 15) is 14.0 Å². The van der Waals surface area contributed by atoms with Gasteiger partial charge >= 0.3 is 5.97 Å². The lowest BCUT2D eigenvalue weighted by molar-refractivity contribution is -0.129. The standard InChI is InChI=1S/C21H19FN2O3S2/c1-14(20(25)23-10-15-6-8-16(22)9-7-15)27-21(26)18-4-2-3-5-19(18)29-12-17-11-28-13-24-17/h2-9,11,13-14H,10,12H2,1H3,(H,23,25). The summed E-state index contributed by atoms with van der Waals surface area (Å²) in [6.45, 7) is 1.74. The Kier molecular flexibility index (Phi) is 7.37. The Hall–Kier alpha value is -2.71. The summed E-state index contributed by atoms with van der Waals surface area (Å²) in [6.07, 6.45) is -0.959. The van der Waals surface area contributed by atoms with Crippen LogP contribution >= 0.6 is 23.1 Å². The Morgan fingerprint density at radius 2 is 1.97 bits per heavy atom. The predicted octanol–water partition coefficient (Wildman–Crippen LogP) is 4.44. The first-order valence-electron chi connectivity index (χ1n) is 8.85. The average molecular weight is 431 g/mol. The number of thioether (sulfide) groups is 1. The van der Waals surface area contributed by atoms with Crippen LogP contribution in [-0.2, 0) is 21.8 Å². The monoisotopic (exact) mass is 430 g/mol. The molecule has 8 heteroatoms. The molecular formula is C21H19FN2O3S2. The molecule has 0 aliphatic heterocycles. The summed E-state index contributed by atoms with van der Waals surface area (Å²) in [5.74, 6) is -0.679. The molecule has 0 radical (unpaired) electrons. The fourth-order valence-corrected chi connectivity index (χ4v) is 4.04. The van der Waals surface area contributed by atoms with Gasteiger partial charge in [0.15, 0.2) is 6.10 Å². The van der Waals surface area contributed by atoms with Crippen LogP contribution in [-0.4, -0.2) is 23.0 Å². The number of carbonyl (C=O) groups excluding carboxylic acids is 2. The van der Waals surface area contributed by atoms with Crippen LogP contribution in [0.5, 0.6) is 0 Å². The molecule has 0 saturated heterocycles. The van der Waals surface area contributed by atoms with Crippen LogP contribution in [0.15, 0.2) is 64.3 Å². The van der Waals surface area contributed by atoms with Crippen molar-refractivity contribution in [1.29, 1.82) is 0 Å². The van der Waals surface area contributed by atoms with E-state index in [-0.39, 0.29) is 12.4 Å². The van der Waals surface area contributed by atoms with Crippen LogP contribution in [0.2, 0.25) is 0 Å². The normalized spacial score (nSPS) is 11.7. The Morgan fingerprint density at radius 3 is 2.69 bits per heavy atom. The van der Waals surface area contributed by atoms with Gasteiger partial charge in [-0.25, -0.2) is 14.2 Å². The van der Waals surface area contributed by atoms with Gasteiger partial charge in [0.25, 0.3) is 5.91 Å². The predicted molar refractivity (Wildman–Crippen MR) is 111 cm³/mol. The second kappa shape index (κ2) is 10.2. The molecule has 1 amide bonds. The molecular weight excluding hydrogens is 411 g/mol. The smallest absolute Gasteiger partial charge is 0.340 e. The lowest BCUT2D eigenvalue weighted by Crippen LogP contribution is -2.35. The maximum atomic E-state index is 12.9. The number of nitrogens with one attached hydrogen (secondary N) is 1. The second-order valence-electron chi connectivity index (χ2n) is 6.16. The van der Waals surface area contributed by atoms with Crippen LogP contribution < -0.4 is 5.32 Å². The number of thiazole rings is 1. The van der Waals surface area contributed by atoms with Crippen molar-refractivity contribution >= 4 is 35.0 Å². The minimum absolute atomic E-state index is 0.223. The largest absolute Gasteiger partial charge is 0.449 e. The van der Waals surface area contributed by atoms with Crippen LogP contribution in [0.4, 0.5) is 4.39 Å². The zero-order chi connectivity index (χ0) is 20.6. The van der Waals surface area contributed by atoms with Crippen molar-refractivity contribution < 1.29 is 18.7 Å². The molecule has 0 fully saturated rings. The van der Waals surface area contributed by atoms with E-state index < -0.39 is 18.0 Å². The second-order valence-corrected chi connectivity index (χ2v) is 7.89. The third-order valence-electron chi connectivity index (χ3n) is 4.00. The van der Waals surface area contributed by atoms with E-state index in [0.717, 1.165) is 16.2 Å². The topological polar surface area (TPSA) is 68.3 Å². The Bertz CT molecular complexity index is 962. The van der Waals surface area contributed by atoms with Gasteiger partial charge in [-0.2, -0.15) is 0 Å². The summed E-state index contributed by atoms with van der Waals surface area (Å²) in [5.41, 5.74) is 3.87. The fourth-order valence-electron chi connectivity index (χ4n) is 2.43. The van der Waals surface area contributed by atoms with Crippen molar-refractivity contribution in [2.45, 2.75) is 30.2 Å². The van der Waals surface area contributed by atoms with Crippen LogP contribution in [0.3, 0.4) is 0 Å². The van der Waals surface area contributed by atoms with Crippen molar-refractivity contribution in [3.8, 4) is 0 Å². The molecule has 150 valence electrons. The molecule has 0 saturated carbocycles. The minimum Gasteiger partial charge on any atom is -0.449 e. The molecule has 0 spiro atoms. The highest BCUT2D eigenvalue weighted by atomic mass is 32.2. The zero-order valence-electron chi connectivity index (χ0n) is 15.6. The molecule has 5 nitrogen and oxygen atoms in total. The van der Waals surface area contributed by atoms with E-state index in [4.69, 9.17) is 4.74 Å². The maximum Gasteiger partial charge on any atom is 0.340 e. The van der Waals surface area contributed by atoms with E-state index in [0.29, 0.717) is 11.3 Å². The number of rotatable bonds is 8. The number of benzene rings is 2. The number of amides is 1. The molecule has 0 bridgehead atoms. The number of esters is 1. The Labute approximate surface area is 176 Å². The van der Waals surface area contributed by atoms with Crippen molar-refractivity contribution in [3.05, 3.63) is 82.1 Å². The Morgan fingerprint density at radius 1 is 1.21 bits per heavy atom. The fraction of sp³-hybridized carbons (Fsp3) is 0.190. The van der Waals surface area contributed by atoms with E-state index >= 15 is 0 Å². The van der Waals surface area contributed by atoms with Crippen LogP contribution in [0.1, 0.15) is 28.5 Å². The first-order chi connectivity index (χ1) is 14.0. The number of aromatic nitrogens is 1. The molecule has 0 aliphatic carbocycles. The first-order valence-corrected chi connectivity index (χ1v) is 10.8. The van der Waals surface area contributed by atoms with Crippen LogP contribution in [0, 0.1) is 5.82 Å². The van der Waals surface area contributed by atoms with Crippen molar-refractivity contribution in [2.24, 2.45) is 0 Å². The number of carbonyl (C=O) groups is 2. The van der Waals surface area contributed by atoms with Gasteiger partial charge in [-0.1, -0.05) is 24.3 Å². The summed E-state index contributed by atoms with van der Waals surface area (Å²) in [4.78, 5) is 29.8. The minimum atomic E-state index is -0.959. The van der Waals surface area contributed by atoms with E-state index in [1.807, 2.05) is 17.5 Å². The van der Waals surface area contributed by atoms with Gasteiger partial charge in [-0.05, 0) is 36.8 Å². The third kappa shape index (κ3) is 6.13. The number of nitrogens with zero attached hydrogens (tertiary/aromatic N) is 1. The molecule has 1 unspecified atom stereocenters. The Balaban J connectivity index is 1.56. The van der Waals surface area contributed by atoms with Gasteiger partial charge in [0.2, 0.25) is 0 Å². The van der Waals surface area contributed by atoms with Crippen molar-refractivity contribution in [1.82, 2.24) is 10.3 Å². The van der Waals surface area contributed by atoms with Gasteiger partial charge in [0, 0.05) is 22.6 Å². The highest BCUT2D eigenvalue weighted by Crippen LogP contribution is 2.27. The molecule has 3 rings (SSSR count). The van der Waals surface area contributed by atoms with E-state index in [2.05, 4.69) is 10.3 Å². The van der Waals surface area contributed by atoms with Gasteiger partial charge in [-0.3, -0.25) is 4.79 Å². The zero-order valence-corrected chi connectivity index (χ0v) is 17.3. The lowest BCUT2D eigenvalue weighted by Gasteiger charge is -2.15. The molecule has 3 aromatic rings. The lowest BCUT2D eigenvalue weighted by atomic mass is 10.2. The summed E-state index contributed by atoms with van der Waals surface area (Å²) >= 11 is 3.01. The van der Waals surface area contributed by atoms with Crippen LogP contribution in [0.25, 0.3) is 0 Å².